The van der Waals surface area contributed by atoms with Crippen LogP contribution in [0, 0.1) is 12.3 Å². The number of hydrogen-bond donors (Lipinski definition) is 2. The van der Waals surface area contributed by atoms with Gasteiger partial charge >= 0.3 is 0 Å². The third kappa shape index (κ3) is 3.87. The summed E-state index contributed by atoms with van der Waals surface area (Å²) in [5.74, 6) is 0. The zero-order valence-electron chi connectivity index (χ0n) is 10.5. The van der Waals surface area contributed by atoms with Gasteiger partial charge in [0.1, 0.15) is 0 Å². The summed E-state index contributed by atoms with van der Waals surface area (Å²) in [6, 6.07) is 3.90. The van der Waals surface area contributed by atoms with E-state index in [1.54, 1.807) is 0 Å². The van der Waals surface area contributed by atoms with Crippen LogP contribution in [0.25, 0.3) is 0 Å². The van der Waals surface area contributed by atoms with Crippen LogP contribution in [0.5, 0.6) is 0 Å². The zero-order valence-corrected chi connectivity index (χ0v) is 12.8. The molecular formula is C13H19BrClNO. The molecule has 0 radical (unpaired) electrons. The highest BCUT2D eigenvalue weighted by Crippen LogP contribution is 2.30. The van der Waals surface area contributed by atoms with Crippen molar-refractivity contribution in [2.45, 2.75) is 27.2 Å². The molecule has 0 amide bonds. The smallest absolute Gasteiger partial charge is 0.0501 e. The van der Waals surface area contributed by atoms with E-state index in [2.05, 4.69) is 35.1 Å². The van der Waals surface area contributed by atoms with Crippen molar-refractivity contribution in [3.63, 3.8) is 0 Å². The molecule has 17 heavy (non-hydrogen) atoms. The number of anilines is 1. The zero-order chi connectivity index (χ0) is 13.1. The van der Waals surface area contributed by atoms with Gasteiger partial charge in [-0.15, -0.1) is 0 Å². The minimum absolute atomic E-state index is 0.100. The first-order chi connectivity index (χ1) is 7.91. The Morgan fingerprint density at radius 3 is 2.65 bits per heavy atom. The van der Waals surface area contributed by atoms with Crippen molar-refractivity contribution in [3.8, 4) is 0 Å². The minimum Gasteiger partial charge on any atom is -0.396 e. The van der Waals surface area contributed by atoms with E-state index >= 15 is 0 Å². The van der Waals surface area contributed by atoms with Gasteiger partial charge in [0, 0.05) is 27.1 Å². The van der Waals surface area contributed by atoms with E-state index in [9.17, 15) is 5.11 Å². The summed E-state index contributed by atoms with van der Waals surface area (Å²) >= 11 is 9.60. The number of halogens is 2. The van der Waals surface area contributed by atoms with Crippen LogP contribution >= 0.6 is 27.5 Å². The maximum Gasteiger partial charge on any atom is 0.0501 e. The van der Waals surface area contributed by atoms with E-state index in [0.717, 1.165) is 33.7 Å². The second-order valence-corrected chi connectivity index (χ2v) is 6.02. The van der Waals surface area contributed by atoms with Crippen LogP contribution in [-0.4, -0.2) is 18.3 Å². The first-order valence-corrected chi connectivity index (χ1v) is 6.89. The number of aryl methyl sites for hydroxylation is 1. The van der Waals surface area contributed by atoms with Gasteiger partial charge in [0.25, 0.3) is 0 Å². The maximum absolute atomic E-state index is 9.35. The van der Waals surface area contributed by atoms with Crippen molar-refractivity contribution in [2.24, 2.45) is 5.41 Å². The molecule has 0 aliphatic rings. The van der Waals surface area contributed by atoms with Crippen LogP contribution in [0.4, 0.5) is 5.69 Å². The summed E-state index contributed by atoms with van der Waals surface area (Å²) in [5, 5.41) is 13.4. The van der Waals surface area contributed by atoms with E-state index in [1.807, 2.05) is 19.1 Å². The summed E-state index contributed by atoms with van der Waals surface area (Å²) in [6.45, 7) is 7.01. The lowest BCUT2D eigenvalue weighted by Gasteiger charge is -2.26. The molecular weight excluding hydrogens is 302 g/mol. The fraction of sp³-hybridized carbons (Fsp3) is 0.538. The first-order valence-electron chi connectivity index (χ1n) is 5.72. The highest BCUT2D eigenvalue weighted by Gasteiger charge is 2.21. The van der Waals surface area contributed by atoms with Gasteiger partial charge in [-0.1, -0.05) is 25.4 Å². The molecule has 0 spiro atoms. The molecule has 0 aromatic heterocycles. The first kappa shape index (κ1) is 14.8. The number of hydrogen-bond acceptors (Lipinski definition) is 2. The molecule has 0 heterocycles. The average molecular weight is 321 g/mol. The Labute approximate surface area is 117 Å². The van der Waals surface area contributed by atoms with Crippen LogP contribution in [0.15, 0.2) is 16.6 Å². The van der Waals surface area contributed by atoms with Crippen LogP contribution in [0.1, 0.15) is 25.8 Å². The van der Waals surface area contributed by atoms with Gasteiger partial charge in [-0.3, -0.25) is 0 Å². The number of aliphatic hydroxyl groups excluding tert-OH is 1. The van der Waals surface area contributed by atoms with Gasteiger partial charge in [-0.05, 0) is 47.0 Å². The molecule has 2 nitrogen and oxygen atoms in total. The summed E-state index contributed by atoms with van der Waals surface area (Å²) in [5.41, 5.74) is 1.91. The Balaban J connectivity index is 2.79. The minimum atomic E-state index is -0.100. The van der Waals surface area contributed by atoms with Gasteiger partial charge in [-0.25, -0.2) is 0 Å². The highest BCUT2D eigenvalue weighted by molar-refractivity contribution is 9.10. The summed E-state index contributed by atoms with van der Waals surface area (Å²) in [7, 11) is 0. The Morgan fingerprint density at radius 1 is 1.47 bits per heavy atom. The van der Waals surface area contributed by atoms with Crippen molar-refractivity contribution >= 4 is 33.2 Å². The van der Waals surface area contributed by atoms with Gasteiger partial charge in [0.05, 0.1) is 6.61 Å². The quantitative estimate of drug-likeness (QED) is 0.851. The summed E-state index contributed by atoms with van der Waals surface area (Å²) in [4.78, 5) is 0. The Kier molecular flexibility index (Phi) is 5.29. The number of benzene rings is 1. The molecule has 1 aromatic carbocycles. The SMILES string of the molecule is CCC(C)(CO)CNc1cc(Cl)c(C)cc1Br. The molecule has 2 N–H and O–H groups in total. The lowest BCUT2D eigenvalue weighted by molar-refractivity contribution is 0.149. The molecule has 96 valence electrons. The second kappa shape index (κ2) is 6.07. The van der Waals surface area contributed by atoms with Crippen molar-refractivity contribution in [2.75, 3.05) is 18.5 Å². The molecule has 1 unspecified atom stereocenters. The third-order valence-corrected chi connectivity index (χ3v) is 4.25. The molecule has 0 saturated carbocycles. The molecule has 1 rings (SSSR count). The molecule has 1 atom stereocenters. The number of rotatable bonds is 5. The summed E-state index contributed by atoms with van der Waals surface area (Å²) in [6.07, 6.45) is 0.924. The largest absolute Gasteiger partial charge is 0.396 e. The molecule has 0 fully saturated rings. The number of nitrogens with one attached hydrogen (secondary N) is 1. The lowest BCUT2D eigenvalue weighted by atomic mass is 9.88. The molecule has 0 bridgehead atoms. The maximum atomic E-state index is 9.35. The topological polar surface area (TPSA) is 32.3 Å². The highest BCUT2D eigenvalue weighted by atomic mass is 79.9. The normalized spacial score (nSPS) is 14.5. The van der Waals surface area contributed by atoms with E-state index in [1.165, 1.54) is 0 Å². The summed E-state index contributed by atoms with van der Waals surface area (Å²) < 4.78 is 0.996. The molecule has 0 aliphatic carbocycles. The van der Waals surface area contributed by atoms with E-state index in [-0.39, 0.29) is 12.0 Å². The van der Waals surface area contributed by atoms with Crippen LogP contribution in [0.2, 0.25) is 5.02 Å². The Hall–Kier alpha value is -0.250. The van der Waals surface area contributed by atoms with Gasteiger partial charge in [0.15, 0.2) is 0 Å². The number of aliphatic hydroxyl groups is 1. The van der Waals surface area contributed by atoms with E-state index in [4.69, 9.17) is 11.6 Å². The van der Waals surface area contributed by atoms with E-state index in [0.29, 0.717) is 0 Å². The fourth-order valence-electron chi connectivity index (χ4n) is 1.38. The molecule has 0 saturated heterocycles. The standard InChI is InChI=1S/C13H19BrClNO/c1-4-13(3,8-17)7-16-12-6-11(15)9(2)5-10(12)14/h5-6,16-17H,4,7-8H2,1-3H3. The third-order valence-electron chi connectivity index (χ3n) is 3.19. The van der Waals surface area contributed by atoms with Crippen molar-refractivity contribution in [1.29, 1.82) is 0 Å². The second-order valence-electron chi connectivity index (χ2n) is 4.76. The average Bonchev–Trinajstić information content (AvgIpc) is 2.32. The molecule has 0 aliphatic heterocycles. The van der Waals surface area contributed by atoms with Crippen LogP contribution in [0.3, 0.4) is 0 Å². The fourth-order valence-corrected chi connectivity index (χ4v) is 2.14. The predicted molar refractivity (Wildman–Crippen MR) is 77.9 cm³/mol. The Bertz CT molecular complexity index is 391. The van der Waals surface area contributed by atoms with Crippen molar-refractivity contribution in [1.82, 2.24) is 0 Å². The van der Waals surface area contributed by atoms with Crippen LogP contribution in [-0.2, 0) is 0 Å². The van der Waals surface area contributed by atoms with Crippen LogP contribution < -0.4 is 5.32 Å². The van der Waals surface area contributed by atoms with Gasteiger partial charge < -0.3 is 10.4 Å². The Morgan fingerprint density at radius 2 is 2.12 bits per heavy atom. The van der Waals surface area contributed by atoms with Crippen molar-refractivity contribution in [3.05, 3.63) is 27.2 Å². The van der Waals surface area contributed by atoms with Crippen molar-refractivity contribution < 1.29 is 5.11 Å². The predicted octanol–water partition coefficient (Wildman–Crippen LogP) is 4.23. The molecule has 1 aromatic rings. The van der Waals surface area contributed by atoms with Gasteiger partial charge in [0.2, 0.25) is 0 Å². The van der Waals surface area contributed by atoms with E-state index < -0.39 is 0 Å². The lowest BCUT2D eigenvalue weighted by Crippen LogP contribution is -2.29. The van der Waals surface area contributed by atoms with Gasteiger partial charge in [-0.2, -0.15) is 0 Å². The monoisotopic (exact) mass is 319 g/mol. The molecule has 4 heteroatoms.